The van der Waals surface area contributed by atoms with E-state index in [1.165, 1.54) is 19.5 Å². The number of amides is 2. The molecule has 5 rings (SSSR count). The van der Waals surface area contributed by atoms with Gasteiger partial charge in [-0.15, -0.1) is 0 Å². The molecule has 2 saturated carbocycles. The zero-order valence-corrected chi connectivity index (χ0v) is 23.2. The SMILES string of the molecule is COCC(=O)N[C@H]1CC[C@@H](NC(=O)c2c(C)[nH]c3c(-c4cc(C(F)(F)F)ccc4OCC4CC4)ncnc23)[C@H](C)C1. The summed E-state index contributed by atoms with van der Waals surface area (Å²) in [4.78, 5) is 37.2. The van der Waals surface area contributed by atoms with E-state index in [0.29, 0.717) is 59.8 Å². The maximum Gasteiger partial charge on any atom is 0.416 e. The van der Waals surface area contributed by atoms with Gasteiger partial charge in [-0.05, 0) is 69.1 Å². The minimum atomic E-state index is -4.55. The standard InChI is InChI=1S/C29H34F3N5O4/c1-15-10-19(36-23(38)13-40-3)7-8-21(15)37-28(39)24-16(2)35-27-25(33-14-34-26(24)27)20-11-18(29(30,31)32)6-9-22(20)41-12-17-4-5-17/h6,9,11,14-15,17,19,21,35H,4-5,7-8,10,12-13H2,1-3H3,(H,36,38)(H,37,39)/t15-,19+,21-/m1/s1. The molecule has 3 atom stereocenters. The van der Waals surface area contributed by atoms with Crippen molar-refractivity contribution in [3.8, 4) is 17.0 Å². The summed E-state index contributed by atoms with van der Waals surface area (Å²) in [5.74, 6) is 0.307. The predicted octanol–water partition coefficient (Wildman–Crippen LogP) is 4.79. The average Bonchev–Trinajstić information content (AvgIpc) is 3.68. The molecule has 220 valence electrons. The average molecular weight is 574 g/mol. The highest BCUT2D eigenvalue weighted by molar-refractivity contribution is 6.09. The summed E-state index contributed by atoms with van der Waals surface area (Å²) >= 11 is 0. The normalized spacial score (nSPS) is 21.1. The molecule has 2 amide bonds. The zero-order valence-electron chi connectivity index (χ0n) is 23.2. The first-order chi connectivity index (χ1) is 19.5. The van der Waals surface area contributed by atoms with E-state index in [2.05, 4.69) is 25.6 Å². The molecule has 2 aliphatic rings. The van der Waals surface area contributed by atoms with Crippen LogP contribution in [0, 0.1) is 18.8 Å². The fourth-order valence-electron chi connectivity index (χ4n) is 5.50. The summed E-state index contributed by atoms with van der Waals surface area (Å²) in [6, 6.07) is 3.25. The highest BCUT2D eigenvalue weighted by atomic mass is 19.4. The maximum absolute atomic E-state index is 13.6. The predicted molar refractivity (Wildman–Crippen MR) is 145 cm³/mol. The van der Waals surface area contributed by atoms with Crippen molar-refractivity contribution in [2.75, 3.05) is 20.3 Å². The van der Waals surface area contributed by atoms with Gasteiger partial charge in [0.2, 0.25) is 5.91 Å². The van der Waals surface area contributed by atoms with Gasteiger partial charge >= 0.3 is 6.18 Å². The van der Waals surface area contributed by atoms with Crippen molar-refractivity contribution in [1.82, 2.24) is 25.6 Å². The summed E-state index contributed by atoms with van der Waals surface area (Å²) in [6.07, 6.45) is 0.869. The van der Waals surface area contributed by atoms with Crippen LogP contribution in [0.5, 0.6) is 5.75 Å². The van der Waals surface area contributed by atoms with Gasteiger partial charge < -0.3 is 25.1 Å². The summed E-state index contributed by atoms with van der Waals surface area (Å²) in [5.41, 5.74) is 1.13. The van der Waals surface area contributed by atoms with Crippen molar-refractivity contribution in [1.29, 1.82) is 0 Å². The number of aromatic amines is 1. The molecule has 2 aromatic heterocycles. The number of fused-ring (bicyclic) bond motifs is 1. The topological polar surface area (TPSA) is 118 Å². The molecule has 0 saturated heterocycles. The van der Waals surface area contributed by atoms with Gasteiger partial charge in [-0.1, -0.05) is 6.92 Å². The van der Waals surface area contributed by atoms with Crippen molar-refractivity contribution in [3.63, 3.8) is 0 Å². The van der Waals surface area contributed by atoms with Gasteiger partial charge in [0.15, 0.2) is 0 Å². The second-order valence-electron chi connectivity index (χ2n) is 11.1. The Balaban J connectivity index is 1.41. The lowest BCUT2D eigenvalue weighted by Crippen LogP contribution is -2.48. The third kappa shape index (κ3) is 6.47. The van der Waals surface area contributed by atoms with Crippen LogP contribution in [0.15, 0.2) is 24.5 Å². The minimum Gasteiger partial charge on any atom is -0.493 e. The monoisotopic (exact) mass is 573 g/mol. The number of rotatable bonds is 9. The van der Waals surface area contributed by atoms with E-state index in [9.17, 15) is 22.8 Å². The molecular weight excluding hydrogens is 539 g/mol. The number of carbonyl (C=O) groups excluding carboxylic acids is 2. The number of hydrogen-bond donors (Lipinski definition) is 3. The van der Waals surface area contributed by atoms with E-state index in [1.54, 1.807) is 6.92 Å². The second kappa shape index (κ2) is 11.7. The Morgan fingerprint density at radius 2 is 1.90 bits per heavy atom. The molecule has 9 nitrogen and oxygen atoms in total. The van der Waals surface area contributed by atoms with Crippen LogP contribution in [0.2, 0.25) is 0 Å². The molecule has 0 spiro atoms. The minimum absolute atomic E-state index is 0.00334. The Morgan fingerprint density at radius 3 is 2.59 bits per heavy atom. The van der Waals surface area contributed by atoms with Gasteiger partial charge in [-0.25, -0.2) is 9.97 Å². The van der Waals surface area contributed by atoms with Gasteiger partial charge in [0.1, 0.15) is 29.9 Å². The number of aromatic nitrogens is 3. The van der Waals surface area contributed by atoms with E-state index in [4.69, 9.17) is 9.47 Å². The molecular formula is C29H34F3N5O4. The molecule has 3 aromatic rings. The quantitative estimate of drug-likeness (QED) is 0.339. The molecule has 2 heterocycles. The van der Waals surface area contributed by atoms with Crippen molar-refractivity contribution >= 4 is 22.8 Å². The molecule has 0 radical (unpaired) electrons. The fourth-order valence-corrected chi connectivity index (χ4v) is 5.50. The number of nitrogens with one attached hydrogen (secondary N) is 3. The zero-order chi connectivity index (χ0) is 29.3. The van der Waals surface area contributed by atoms with Crippen molar-refractivity contribution in [2.45, 2.75) is 64.2 Å². The third-order valence-electron chi connectivity index (χ3n) is 7.86. The lowest BCUT2D eigenvalue weighted by Gasteiger charge is -2.35. The lowest BCUT2D eigenvalue weighted by molar-refractivity contribution is -0.137. The van der Waals surface area contributed by atoms with E-state index >= 15 is 0 Å². The number of aryl methyl sites for hydroxylation is 1. The number of halogens is 3. The Bertz CT molecular complexity index is 1440. The Hall–Kier alpha value is -3.67. The molecule has 2 aliphatic carbocycles. The number of alkyl halides is 3. The van der Waals surface area contributed by atoms with Crippen LogP contribution >= 0.6 is 0 Å². The number of nitrogens with zero attached hydrogens (tertiary/aromatic N) is 2. The van der Waals surface area contributed by atoms with Crippen molar-refractivity contribution < 1.29 is 32.2 Å². The van der Waals surface area contributed by atoms with E-state index < -0.39 is 11.7 Å². The molecule has 0 unspecified atom stereocenters. The van der Waals surface area contributed by atoms with Crippen LogP contribution in [-0.4, -0.2) is 59.2 Å². The van der Waals surface area contributed by atoms with Crippen LogP contribution in [-0.2, 0) is 15.7 Å². The number of H-pyrrole nitrogens is 1. The number of carbonyl (C=O) groups is 2. The number of benzene rings is 1. The first-order valence-electron chi connectivity index (χ1n) is 13.8. The van der Waals surface area contributed by atoms with Gasteiger partial charge in [0, 0.05) is 30.5 Å². The Morgan fingerprint density at radius 1 is 1.12 bits per heavy atom. The van der Waals surface area contributed by atoms with Crippen molar-refractivity contribution in [2.24, 2.45) is 11.8 Å². The van der Waals surface area contributed by atoms with Gasteiger partial charge in [-0.3, -0.25) is 9.59 Å². The van der Waals surface area contributed by atoms with Crippen LogP contribution in [0.3, 0.4) is 0 Å². The summed E-state index contributed by atoms with van der Waals surface area (Å²) in [6.45, 7) is 4.17. The smallest absolute Gasteiger partial charge is 0.416 e. The number of hydrogen-bond acceptors (Lipinski definition) is 6. The fraction of sp³-hybridized carbons (Fsp3) is 0.517. The molecule has 0 bridgehead atoms. The Kier molecular flexibility index (Phi) is 8.21. The summed E-state index contributed by atoms with van der Waals surface area (Å²) in [5, 5.41) is 6.08. The molecule has 0 aliphatic heterocycles. The molecule has 12 heteroatoms. The van der Waals surface area contributed by atoms with Crippen LogP contribution in [0.4, 0.5) is 13.2 Å². The van der Waals surface area contributed by atoms with Gasteiger partial charge in [0.25, 0.3) is 5.91 Å². The van der Waals surface area contributed by atoms with Crippen LogP contribution in [0.1, 0.15) is 60.6 Å². The highest BCUT2D eigenvalue weighted by Gasteiger charge is 2.34. The highest BCUT2D eigenvalue weighted by Crippen LogP contribution is 2.40. The van der Waals surface area contributed by atoms with E-state index in [-0.39, 0.29) is 47.7 Å². The molecule has 2 fully saturated rings. The summed E-state index contributed by atoms with van der Waals surface area (Å²) in [7, 11) is 1.47. The maximum atomic E-state index is 13.6. The third-order valence-corrected chi connectivity index (χ3v) is 7.86. The number of methoxy groups -OCH3 is 1. The first-order valence-corrected chi connectivity index (χ1v) is 13.8. The van der Waals surface area contributed by atoms with Gasteiger partial charge in [0.05, 0.1) is 23.3 Å². The molecule has 1 aromatic carbocycles. The van der Waals surface area contributed by atoms with Crippen molar-refractivity contribution in [3.05, 3.63) is 41.3 Å². The lowest BCUT2D eigenvalue weighted by atomic mass is 9.82. The van der Waals surface area contributed by atoms with Gasteiger partial charge in [-0.2, -0.15) is 13.2 Å². The first kappa shape index (κ1) is 28.8. The summed E-state index contributed by atoms with van der Waals surface area (Å²) < 4.78 is 51.7. The Labute approximate surface area is 235 Å². The van der Waals surface area contributed by atoms with Crippen LogP contribution < -0.4 is 15.4 Å². The second-order valence-corrected chi connectivity index (χ2v) is 11.1. The van der Waals surface area contributed by atoms with E-state index in [1.807, 2.05) is 6.92 Å². The van der Waals surface area contributed by atoms with Crippen LogP contribution in [0.25, 0.3) is 22.3 Å². The number of ether oxygens (including phenoxy) is 2. The molecule has 3 N–H and O–H groups in total. The largest absolute Gasteiger partial charge is 0.493 e. The van der Waals surface area contributed by atoms with E-state index in [0.717, 1.165) is 25.0 Å². The molecule has 41 heavy (non-hydrogen) atoms.